The van der Waals surface area contributed by atoms with Gasteiger partial charge in [-0.05, 0) is 49.2 Å². The number of rotatable bonds is 3. The summed E-state index contributed by atoms with van der Waals surface area (Å²) in [5.41, 5.74) is 0.532. The monoisotopic (exact) mass is 252 g/mol. The molecule has 2 unspecified atom stereocenters. The first-order valence-electron chi connectivity index (χ1n) is 6.16. The Hall–Kier alpha value is -0.940. The second-order valence-electron chi connectivity index (χ2n) is 4.83. The van der Waals surface area contributed by atoms with Crippen molar-refractivity contribution in [1.29, 1.82) is 0 Å². The molecule has 1 saturated heterocycles. The molecule has 2 atom stereocenters. The minimum atomic E-state index is -0.0484. The van der Waals surface area contributed by atoms with Crippen LogP contribution in [0.25, 0.3) is 0 Å². The molecule has 0 bridgehead atoms. The van der Waals surface area contributed by atoms with Gasteiger partial charge in [-0.2, -0.15) is 4.37 Å². The van der Waals surface area contributed by atoms with Gasteiger partial charge in [-0.1, -0.05) is 0 Å². The molecule has 1 saturated carbocycles. The van der Waals surface area contributed by atoms with E-state index in [0.717, 1.165) is 25.4 Å². The van der Waals surface area contributed by atoms with Crippen molar-refractivity contribution in [1.82, 2.24) is 9.69 Å². The molecule has 2 fully saturated rings. The second-order valence-corrected chi connectivity index (χ2v) is 5.49. The molecule has 2 heterocycles. The maximum atomic E-state index is 11.9. The first-order chi connectivity index (χ1) is 8.33. The largest absolute Gasteiger partial charge is 0.378 e. The number of amides is 1. The highest BCUT2D eigenvalue weighted by Crippen LogP contribution is 2.38. The van der Waals surface area contributed by atoms with Crippen molar-refractivity contribution in [3.8, 4) is 0 Å². The van der Waals surface area contributed by atoms with Crippen molar-refractivity contribution in [2.45, 2.75) is 37.8 Å². The molecular weight excluding hydrogens is 236 g/mol. The molecule has 92 valence electrons. The molecule has 1 aliphatic carbocycles. The van der Waals surface area contributed by atoms with Crippen LogP contribution in [0.4, 0.5) is 0 Å². The first kappa shape index (κ1) is 11.2. The lowest BCUT2D eigenvalue weighted by Crippen LogP contribution is -2.42. The van der Waals surface area contributed by atoms with E-state index >= 15 is 0 Å². The Kier molecular flexibility index (Phi) is 3.11. The van der Waals surface area contributed by atoms with Gasteiger partial charge in [0.15, 0.2) is 0 Å². The number of carbonyl (C=O) groups is 1. The van der Waals surface area contributed by atoms with Gasteiger partial charge >= 0.3 is 0 Å². The minimum absolute atomic E-state index is 0.0484. The van der Waals surface area contributed by atoms with Crippen LogP contribution in [0.15, 0.2) is 11.4 Å². The van der Waals surface area contributed by atoms with Gasteiger partial charge in [0.2, 0.25) is 0 Å². The zero-order valence-corrected chi connectivity index (χ0v) is 10.4. The summed E-state index contributed by atoms with van der Waals surface area (Å²) in [6, 6.07) is 2.01. The Morgan fingerprint density at radius 2 is 2.35 bits per heavy atom. The lowest BCUT2D eigenvalue weighted by molar-refractivity contribution is -0.0102. The van der Waals surface area contributed by atoms with Crippen LogP contribution in [-0.4, -0.2) is 29.0 Å². The van der Waals surface area contributed by atoms with Crippen LogP contribution >= 0.6 is 11.5 Å². The molecule has 0 radical (unpaired) electrons. The molecule has 2 aliphatic rings. The van der Waals surface area contributed by atoms with Gasteiger partial charge in [-0.25, -0.2) is 0 Å². The molecule has 3 rings (SSSR count). The van der Waals surface area contributed by atoms with E-state index in [0.29, 0.717) is 11.8 Å². The van der Waals surface area contributed by atoms with Gasteiger partial charge in [0.05, 0.1) is 6.10 Å². The highest BCUT2D eigenvalue weighted by molar-refractivity contribution is 7.03. The Bertz CT molecular complexity index is 389. The van der Waals surface area contributed by atoms with Gasteiger partial charge in [-0.15, -0.1) is 0 Å². The van der Waals surface area contributed by atoms with E-state index in [-0.39, 0.29) is 11.9 Å². The van der Waals surface area contributed by atoms with Crippen LogP contribution in [0, 0.1) is 5.92 Å². The lowest BCUT2D eigenvalue weighted by atomic mass is 10.00. The molecule has 1 aromatic heterocycles. The highest BCUT2D eigenvalue weighted by Gasteiger charge is 2.36. The van der Waals surface area contributed by atoms with Crippen molar-refractivity contribution in [3.05, 3.63) is 17.1 Å². The predicted octanol–water partition coefficient (Wildman–Crippen LogP) is 1.83. The normalized spacial score (nSPS) is 28.9. The highest BCUT2D eigenvalue weighted by atomic mass is 32.1. The van der Waals surface area contributed by atoms with Crippen LogP contribution in [-0.2, 0) is 4.74 Å². The third-order valence-corrected chi connectivity index (χ3v) is 4.03. The van der Waals surface area contributed by atoms with E-state index < -0.39 is 0 Å². The topological polar surface area (TPSA) is 51.2 Å². The van der Waals surface area contributed by atoms with Crippen molar-refractivity contribution in [3.63, 3.8) is 0 Å². The lowest BCUT2D eigenvalue weighted by Gasteiger charge is -2.30. The van der Waals surface area contributed by atoms with Gasteiger partial charge in [0, 0.05) is 18.0 Å². The Morgan fingerprint density at radius 3 is 3.06 bits per heavy atom. The van der Waals surface area contributed by atoms with E-state index in [1.165, 1.54) is 24.4 Å². The van der Waals surface area contributed by atoms with Crippen LogP contribution in [0.5, 0.6) is 0 Å². The Balaban J connectivity index is 1.55. The summed E-state index contributed by atoms with van der Waals surface area (Å²) in [6.07, 6.45) is 4.82. The molecule has 1 N–H and O–H groups in total. The standard InChI is InChI=1S/C12H16N2O2S/c15-12(10-4-6-17-14-10)13-9-3-5-16-11(7-9)8-1-2-8/h4,6,8-9,11H,1-3,5,7H2,(H,13,15). The van der Waals surface area contributed by atoms with Crippen LogP contribution < -0.4 is 5.32 Å². The molecule has 5 heteroatoms. The fourth-order valence-electron chi connectivity index (χ4n) is 2.34. The summed E-state index contributed by atoms with van der Waals surface area (Å²) in [5, 5.41) is 4.88. The van der Waals surface area contributed by atoms with Crippen LogP contribution in [0.2, 0.25) is 0 Å². The quantitative estimate of drug-likeness (QED) is 0.893. The third kappa shape index (κ3) is 2.66. The first-order valence-corrected chi connectivity index (χ1v) is 6.99. The molecular formula is C12H16N2O2S. The summed E-state index contributed by atoms with van der Waals surface area (Å²) < 4.78 is 9.79. The zero-order valence-electron chi connectivity index (χ0n) is 9.59. The summed E-state index contributed by atoms with van der Waals surface area (Å²) >= 11 is 1.31. The maximum Gasteiger partial charge on any atom is 0.271 e. The Morgan fingerprint density at radius 1 is 1.47 bits per heavy atom. The number of hydrogen-bond donors (Lipinski definition) is 1. The zero-order chi connectivity index (χ0) is 11.7. The second kappa shape index (κ2) is 4.74. The van der Waals surface area contributed by atoms with Crippen molar-refractivity contribution < 1.29 is 9.53 Å². The number of ether oxygens (including phenoxy) is 1. The van der Waals surface area contributed by atoms with E-state index in [2.05, 4.69) is 9.69 Å². The van der Waals surface area contributed by atoms with Gasteiger partial charge in [0.25, 0.3) is 5.91 Å². The molecule has 1 aromatic rings. The molecule has 1 aliphatic heterocycles. The van der Waals surface area contributed by atoms with Crippen LogP contribution in [0.3, 0.4) is 0 Å². The average molecular weight is 252 g/mol. The predicted molar refractivity (Wildman–Crippen MR) is 65.1 cm³/mol. The van der Waals surface area contributed by atoms with E-state index in [9.17, 15) is 4.79 Å². The summed E-state index contributed by atoms with van der Waals surface area (Å²) in [4.78, 5) is 11.9. The fraction of sp³-hybridized carbons (Fsp3) is 0.667. The van der Waals surface area contributed by atoms with E-state index in [1.54, 1.807) is 6.07 Å². The number of nitrogens with zero attached hydrogens (tertiary/aromatic N) is 1. The molecule has 0 aromatic carbocycles. The minimum Gasteiger partial charge on any atom is -0.378 e. The van der Waals surface area contributed by atoms with E-state index in [4.69, 9.17) is 4.74 Å². The van der Waals surface area contributed by atoms with E-state index in [1.807, 2.05) is 5.38 Å². The Labute approximate surface area is 105 Å². The summed E-state index contributed by atoms with van der Waals surface area (Å²) in [5.74, 6) is 0.696. The smallest absolute Gasteiger partial charge is 0.271 e. The fourth-order valence-corrected chi connectivity index (χ4v) is 2.85. The SMILES string of the molecule is O=C(NC1CCOC(C2CC2)C1)c1ccsn1. The van der Waals surface area contributed by atoms with Gasteiger partial charge in [0.1, 0.15) is 5.69 Å². The molecule has 0 spiro atoms. The van der Waals surface area contributed by atoms with Crippen molar-refractivity contribution in [2.75, 3.05) is 6.61 Å². The molecule has 1 amide bonds. The number of nitrogens with one attached hydrogen (secondary N) is 1. The van der Waals surface area contributed by atoms with Gasteiger partial charge in [-0.3, -0.25) is 4.79 Å². The summed E-state index contributed by atoms with van der Waals surface area (Å²) in [7, 11) is 0. The van der Waals surface area contributed by atoms with Crippen molar-refractivity contribution >= 4 is 17.4 Å². The average Bonchev–Trinajstić information content (AvgIpc) is 3.04. The maximum absolute atomic E-state index is 11.9. The number of hydrogen-bond acceptors (Lipinski definition) is 4. The third-order valence-electron chi connectivity index (χ3n) is 3.47. The summed E-state index contributed by atoms with van der Waals surface area (Å²) in [6.45, 7) is 0.767. The molecule has 17 heavy (non-hydrogen) atoms. The van der Waals surface area contributed by atoms with Crippen LogP contribution in [0.1, 0.15) is 36.2 Å². The molecule has 4 nitrogen and oxygen atoms in total. The van der Waals surface area contributed by atoms with Gasteiger partial charge < -0.3 is 10.1 Å². The van der Waals surface area contributed by atoms with Crippen molar-refractivity contribution in [2.24, 2.45) is 5.92 Å². The number of carbonyl (C=O) groups excluding carboxylic acids is 1. The number of aromatic nitrogens is 1.